The molecule has 0 fully saturated rings. The molecule has 2 radical (unpaired) electrons. The summed E-state index contributed by atoms with van der Waals surface area (Å²) in [6.45, 7) is 21.4. The van der Waals surface area contributed by atoms with Crippen LogP contribution in [0, 0.1) is 34.9 Å². The molecule has 4 aromatic heterocycles. The van der Waals surface area contributed by atoms with Gasteiger partial charge in [-0.1, -0.05) is 190 Å². The molecule has 8 bridgehead atoms. The number of hydrogen-bond donors (Lipinski definition) is 3. The van der Waals surface area contributed by atoms with E-state index in [1.54, 1.807) is 47.2 Å². The zero-order valence-corrected chi connectivity index (χ0v) is 59.3. The van der Waals surface area contributed by atoms with Crippen LogP contribution in [0.3, 0.4) is 0 Å². The Balaban J connectivity index is 0.000000246. The number of rotatable bonds is 10. The smallest absolute Gasteiger partial charge is 0.506 e. The Labute approximate surface area is 590 Å². The van der Waals surface area contributed by atoms with Crippen molar-refractivity contribution in [2.45, 2.75) is 81.1 Å². The van der Waals surface area contributed by atoms with Gasteiger partial charge in [0.2, 0.25) is 0 Å². The largest absolute Gasteiger partial charge is 2.00 e. The molecule has 2 aliphatic heterocycles. The molecule has 12 aromatic rings. The van der Waals surface area contributed by atoms with Crippen molar-refractivity contribution in [2.75, 3.05) is 26.6 Å². The van der Waals surface area contributed by atoms with Gasteiger partial charge in [-0.05, 0) is 100 Å². The molecule has 512 valence electrons. The SMILES string of the molecule is CC.CC.CC.CC.COCCS(=O)(=O)c1cc(O)c(N=Nc2c(C)cc3ccc(N=Nc4c(C)[nH]n(-c5ccc(C)cc5)c4=O)cc3c2O)cc1OC.[CH2-][n+]1c2nc3[n-]c(nc4[n+]([CH2-])c(nc5[n-]c(nc1-c1ccccc1-2)c1ccccc51)-c1ccccc1-4)c1ccccc31.[Cu+2].[Cu]. The van der Waals surface area contributed by atoms with Crippen molar-refractivity contribution >= 4 is 87.5 Å². The Bertz CT molecular complexity index is 4970. The summed E-state index contributed by atoms with van der Waals surface area (Å²) in [6.07, 6.45) is 0. The zero-order chi connectivity index (χ0) is 69.1. The summed E-state index contributed by atoms with van der Waals surface area (Å²) in [5.41, 5.74) is 9.02. The van der Waals surface area contributed by atoms with Gasteiger partial charge in [0.25, 0.3) is 5.56 Å². The number of fused-ring (bicyclic) bond motifs is 21. The maximum absolute atomic E-state index is 13.1. The monoisotopic (exact) mass is 1430 g/mol. The first kappa shape index (κ1) is 75.1. The fraction of sp³-hybridized carbons (Fsp3) is 0.203. The molecule has 0 saturated carbocycles. The number of phenols is 2. The Morgan fingerprint density at radius 3 is 1.44 bits per heavy atom. The number of benzene rings is 8. The molecule has 14 rings (SSSR count). The number of nitrogens with one attached hydrogen (secondary N) is 1. The van der Waals surface area contributed by atoms with Crippen molar-refractivity contribution in [1.29, 1.82) is 0 Å². The molecule has 24 heteroatoms. The molecule has 8 aromatic carbocycles. The molecule has 0 atom stereocenters. The van der Waals surface area contributed by atoms with Crippen LogP contribution >= 0.6 is 0 Å². The molecular weight excluding hydrogens is 1360 g/mol. The first-order chi connectivity index (χ1) is 46.6. The first-order valence-corrected chi connectivity index (χ1v) is 33.2. The van der Waals surface area contributed by atoms with E-state index >= 15 is 0 Å². The van der Waals surface area contributed by atoms with Gasteiger partial charge in [0.05, 0.1) is 36.5 Å². The third-order valence-corrected chi connectivity index (χ3v) is 16.9. The number of aromatic amines is 1. The van der Waals surface area contributed by atoms with Crippen molar-refractivity contribution in [2.24, 2.45) is 20.5 Å². The summed E-state index contributed by atoms with van der Waals surface area (Å²) in [5.74, 6) is 1.65. The average molecular weight is 1430 g/mol. The number of ether oxygens (including phenoxy) is 2. The topological polar surface area (TPSA) is 268 Å². The maximum Gasteiger partial charge on any atom is 2.00 e. The summed E-state index contributed by atoms with van der Waals surface area (Å²) >= 11 is 0. The number of aromatic nitrogens is 10. The van der Waals surface area contributed by atoms with Crippen LogP contribution < -0.4 is 29.4 Å². The number of methoxy groups -OCH3 is 2. The molecule has 0 amide bonds. The van der Waals surface area contributed by atoms with E-state index in [0.29, 0.717) is 79.3 Å². The van der Waals surface area contributed by atoms with E-state index in [4.69, 9.17) is 39.4 Å². The third-order valence-electron chi connectivity index (χ3n) is 15.2. The van der Waals surface area contributed by atoms with Crippen LogP contribution in [0.25, 0.3) is 106 Å². The molecule has 0 saturated heterocycles. The Hall–Kier alpha value is -10.3. The average Bonchev–Trinajstić information content (AvgIpc) is 1.55. The molecule has 2 aliphatic rings. The minimum Gasteiger partial charge on any atom is -0.506 e. The Kier molecular flexibility index (Phi) is 25.3. The second-order valence-electron chi connectivity index (χ2n) is 20.9. The molecule has 3 N–H and O–H groups in total. The van der Waals surface area contributed by atoms with E-state index in [9.17, 15) is 23.4 Å². The van der Waals surface area contributed by atoms with E-state index < -0.39 is 15.6 Å². The Morgan fingerprint density at radius 2 is 1.00 bits per heavy atom. The summed E-state index contributed by atoms with van der Waals surface area (Å²) in [7, 11) is 7.61. The predicted octanol–water partition coefficient (Wildman–Crippen LogP) is 16.2. The number of nitrogens with zero attached hydrogens (tertiary/aromatic N) is 13. The molecule has 98 heavy (non-hydrogen) atoms. The van der Waals surface area contributed by atoms with Crippen molar-refractivity contribution in [3.05, 3.63) is 199 Å². The second kappa shape index (κ2) is 33.1. The zero-order valence-electron chi connectivity index (χ0n) is 56.6. The quantitative estimate of drug-likeness (QED) is 0.0498. The minimum absolute atomic E-state index is 0. The number of sulfone groups is 1. The summed E-state index contributed by atoms with van der Waals surface area (Å²) in [6, 6.07) is 48.7. The maximum atomic E-state index is 13.1. The van der Waals surface area contributed by atoms with E-state index in [2.05, 4.69) is 39.7 Å². The number of H-pyrrole nitrogens is 1. The fourth-order valence-corrected chi connectivity index (χ4v) is 12.0. The van der Waals surface area contributed by atoms with Crippen LogP contribution in [-0.2, 0) is 48.7 Å². The predicted molar refractivity (Wildman–Crippen MR) is 379 cm³/mol. The van der Waals surface area contributed by atoms with E-state index in [0.717, 1.165) is 55.4 Å². The Morgan fingerprint density at radius 1 is 0.561 bits per heavy atom. The summed E-state index contributed by atoms with van der Waals surface area (Å²) < 4.78 is 40.4. The van der Waals surface area contributed by atoms with Gasteiger partial charge >= 0.3 is 17.1 Å². The number of aryl methyl sites for hydroxylation is 3. The van der Waals surface area contributed by atoms with Crippen molar-refractivity contribution in [1.82, 2.24) is 39.7 Å². The number of aromatic hydroxyl groups is 2. The van der Waals surface area contributed by atoms with Crippen LogP contribution in [0.4, 0.5) is 22.7 Å². The summed E-state index contributed by atoms with van der Waals surface area (Å²) in [5, 5.41) is 46.2. The van der Waals surface area contributed by atoms with Gasteiger partial charge in [0.1, 0.15) is 27.8 Å². The molecular formula is C74H76Cu2N14O7S. The summed E-state index contributed by atoms with van der Waals surface area (Å²) in [4.78, 5) is 43.1. The molecule has 21 nitrogen and oxygen atoms in total. The molecule has 0 aliphatic carbocycles. The standard InChI is InChI=1S/C34H20N8.C32H32N6O7S.4C2H6.2Cu/c1-41-31-23-15-7-8-16-24(23)32(41)38-28-20-12-4-6-14-22(20)30(36-28)40-34-26-18-10-9-17-25(26)33(42(34)2)39-29-21-13-5-3-11-19(21)27(35-29)37-31;1-18-6-10-23(11-7-18)38-32(41)30(20(3)37-38)36-33-22-9-8-21-14-19(2)29(31(40)24(21)15-22)35-34-25-16-27(45-5)28(17-26(25)39)46(42,43)13-12-44-4;4*1-2;;/h3-18H,1-2H2;6-11,14-17,37,39-40H,12-13H2,1-5H3;4*1-2H3;;/q-2;;;;;;;+2. The number of hydrogen-bond acceptors (Lipinski definition) is 15. The normalized spacial score (nSPS) is 11.1. The number of phenolic OH excluding ortho intramolecular Hbond substituents is 2. The van der Waals surface area contributed by atoms with Crippen LogP contribution in [-0.4, -0.2) is 74.9 Å². The van der Waals surface area contributed by atoms with Crippen LogP contribution in [0.15, 0.2) is 188 Å². The van der Waals surface area contributed by atoms with Crippen LogP contribution in [0.2, 0.25) is 0 Å². The van der Waals surface area contributed by atoms with Crippen LogP contribution in [0.5, 0.6) is 17.2 Å². The van der Waals surface area contributed by atoms with Crippen LogP contribution in [0.1, 0.15) is 72.2 Å². The van der Waals surface area contributed by atoms with Gasteiger partial charge in [-0.3, -0.25) is 9.89 Å². The van der Waals surface area contributed by atoms with Gasteiger partial charge in [0, 0.05) is 81.5 Å². The van der Waals surface area contributed by atoms with E-state index in [-0.39, 0.29) is 85.5 Å². The van der Waals surface area contributed by atoms with E-state index in [1.807, 2.05) is 184 Å². The van der Waals surface area contributed by atoms with Gasteiger partial charge in [-0.2, -0.15) is 10.1 Å². The third kappa shape index (κ3) is 14.8. The molecule has 6 heterocycles. The van der Waals surface area contributed by atoms with E-state index in [1.165, 1.54) is 25.0 Å². The van der Waals surface area contributed by atoms with Crippen molar-refractivity contribution in [3.8, 4) is 68.5 Å². The number of azo groups is 2. The van der Waals surface area contributed by atoms with Crippen molar-refractivity contribution < 1.29 is 71.4 Å². The van der Waals surface area contributed by atoms with Gasteiger partial charge in [-0.25, -0.2) is 13.1 Å². The van der Waals surface area contributed by atoms with Gasteiger partial charge in [-0.15, -0.1) is 15.3 Å². The first-order valence-electron chi connectivity index (χ1n) is 31.6. The molecule has 0 spiro atoms. The molecule has 0 unspecified atom stereocenters. The minimum atomic E-state index is -3.81. The van der Waals surface area contributed by atoms with Crippen molar-refractivity contribution in [3.63, 3.8) is 0 Å². The van der Waals surface area contributed by atoms with Gasteiger partial charge in [0.15, 0.2) is 32.7 Å². The fourth-order valence-electron chi connectivity index (χ4n) is 10.7. The van der Waals surface area contributed by atoms with Gasteiger partial charge < -0.3 is 53.7 Å². The second-order valence-corrected chi connectivity index (χ2v) is 22.9.